The predicted molar refractivity (Wildman–Crippen MR) is 84.0 cm³/mol. The number of hydrogen-bond acceptors (Lipinski definition) is 12. The molecule has 2 saturated heterocycles. The maximum absolute atomic E-state index is 10.3. The second-order valence-electron chi connectivity index (χ2n) is 6.68. The quantitative estimate of drug-likeness (QED) is 0.203. The van der Waals surface area contributed by atoms with Crippen molar-refractivity contribution < 1.29 is 59.8 Å². The highest BCUT2D eigenvalue weighted by molar-refractivity contribution is 4.94. The zero-order valence-electron chi connectivity index (χ0n) is 14.7. The van der Waals surface area contributed by atoms with Crippen LogP contribution >= 0.6 is 0 Å². The molecule has 0 radical (unpaired) electrons. The van der Waals surface area contributed by atoms with E-state index in [9.17, 15) is 40.9 Å². The van der Waals surface area contributed by atoms with Crippen molar-refractivity contribution >= 4 is 0 Å². The van der Waals surface area contributed by atoms with Crippen LogP contribution in [0.15, 0.2) is 0 Å². The van der Waals surface area contributed by atoms with Gasteiger partial charge in [-0.2, -0.15) is 0 Å². The van der Waals surface area contributed by atoms with Gasteiger partial charge < -0.3 is 59.8 Å². The first kappa shape index (κ1) is 22.8. The van der Waals surface area contributed by atoms with Gasteiger partial charge in [-0.05, 0) is 6.92 Å². The Balaban J connectivity index is 2.19. The molecular weight excluding hydrogens is 372 g/mol. The van der Waals surface area contributed by atoms with Crippen molar-refractivity contribution in [2.45, 2.75) is 74.4 Å². The Bertz CT molecular complexity index is 449. The molecule has 2 rings (SSSR count). The lowest BCUT2D eigenvalue weighted by Crippen LogP contribution is -2.65. The Morgan fingerprint density at radius 2 is 1.41 bits per heavy atom. The van der Waals surface area contributed by atoms with Crippen LogP contribution in [-0.2, 0) is 18.9 Å². The third kappa shape index (κ3) is 5.12. The summed E-state index contributed by atoms with van der Waals surface area (Å²) in [5.41, 5.74) is 0. The maximum atomic E-state index is 10.3. The molecule has 0 spiro atoms. The SMILES string of the molecule is CC(O)CO[C@H]1[C@H](O[C@H]2[C@H](O)[C@@H](O)[C@H](O)O[C@@H]2CO)O[C@H](CO)[C@@H](O)[C@@H]1O. The molecule has 160 valence electrons. The highest BCUT2D eigenvalue weighted by Gasteiger charge is 2.51. The average Bonchev–Trinajstić information content (AvgIpc) is 2.63. The minimum absolute atomic E-state index is 0.240. The summed E-state index contributed by atoms with van der Waals surface area (Å²) in [6.45, 7) is -0.144. The molecule has 0 aromatic carbocycles. The van der Waals surface area contributed by atoms with Crippen molar-refractivity contribution in [2.24, 2.45) is 0 Å². The largest absolute Gasteiger partial charge is 0.394 e. The standard InChI is InChI=1S/C15H28O12/c1-5(18)4-24-13-9(20)8(19)6(2-16)26-15(13)27-12-7(3-17)25-14(23)11(22)10(12)21/h5-23H,2-4H2,1H3/t5?,6-,7-,8-,9+,10-,11-,12-,13-,14-,15+/m1/s1. The topological polar surface area (TPSA) is 199 Å². The molecule has 27 heavy (non-hydrogen) atoms. The molecule has 12 heteroatoms. The fourth-order valence-corrected chi connectivity index (χ4v) is 2.98. The Hall–Kier alpha value is -0.480. The van der Waals surface area contributed by atoms with Crippen molar-refractivity contribution in [1.82, 2.24) is 0 Å². The molecule has 2 aliphatic rings. The summed E-state index contributed by atoms with van der Waals surface area (Å²) in [5, 5.41) is 77.9. The van der Waals surface area contributed by atoms with Gasteiger partial charge in [0.25, 0.3) is 0 Å². The summed E-state index contributed by atoms with van der Waals surface area (Å²) in [5.74, 6) is 0. The number of hydrogen-bond donors (Lipinski definition) is 8. The normalized spacial score (nSPS) is 47.0. The zero-order valence-corrected chi connectivity index (χ0v) is 14.7. The smallest absolute Gasteiger partial charge is 0.187 e. The van der Waals surface area contributed by atoms with Crippen molar-refractivity contribution in [1.29, 1.82) is 0 Å². The lowest BCUT2D eigenvalue weighted by atomic mass is 9.97. The number of aliphatic hydroxyl groups excluding tert-OH is 8. The van der Waals surface area contributed by atoms with Crippen molar-refractivity contribution in [3.8, 4) is 0 Å². The Labute approximate surface area is 155 Å². The summed E-state index contributed by atoms with van der Waals surface area (Å²) >= 11 is 0. The molecule has 1 unspecified atom stereocenters. The second-order valence-corrected chi connectivity index (χ2v) is 6.68. The highest BCUT2D eigenvalue weighted by Crippen LogP contribution is 2.29. The van der Waals surface area contributed by atoms with Gasteiger partial charge in [-0.3, -0.25) is 0 Å². The Morgan fingerprint density at radius 1 is 0.815 bits per heavy atom. The van der Waals surface area contributed by atoms with E-state index in [2.05, 4.69) is 0 Å². The molecule has 0 bridgehead atoms. The second kappa shape index (κ2) is 9.82. The van der Waals surface area contributed by atoms with E-state index in [0.29, 0.717) is 0 Å². The van der Waals surface area contributed by atoms with Crippen molar-refractivity contribution in [3.05, 3.63) is 0 Å². The molecule has 0 amide bonds. The summed E-state index contributed by atoms with van der Waals surface area (Å²) < 4.78 is 21.3. The molecule has 8 N–H and O–H groups in total. The number of ether oxygens (including phenoxy) is 4. The number of rotatable bonds is 7. The van der Waals surface area contributed by atoms with E-state index >= 15 is 0 Å². The van der Waals surface area contributed by atoms with Crippen LogP contribution in [0, 0.1) is 0 Å². The van der Waals surface area contributed by atoms with E-state index in [1.807, 2.05) is 0 Å². The maximum Gasteiger partial charge on any atom is 0.187 e. The van der Waals surface area contributed by atoms with Gasteiger partial charge in [0.05, 0.1) is 25.9 Å². The molecule has 2 aliphatic heterocycles. The van der Waals surface area contributed by atoms with E-state index in [4.69, 9.17) is 18.9 Å². The van der Waals surface area contributed by atoms with E-state index in [1.165, 1.54) is 6.92 Å². The van der Waals surface area contributed by atoms with Gasteiger partial charge in [-0.25, -0.2) is 0 Å². The van der Waals surface area contributed by atoms with E-state index in [0.717, 1.165) is 0 Å². The van der Waals surface area contributed by atoms with Gasteiger partial charge in [-0.15, -0.1) is 0 Å². The molecule has 0 aliphatic carbocycles. The van der Waals surface area contributed by atoms with Gasteiger partial charge in [-0.1, -0.05) is 0 Å². The fraction of sp³-hybridized carbons (Fsp3) is 1.00. The van der Waals surface area contributed by atoms with Gasteiger partial charge in [0.15, 0.2) is 12.6 Å². The highest BCUT2D eigenvalue weighted by atomic mass is 16.7. The van der Waals surface area contributed by atoms with Gasteiger partial charge >= 0.3 is 0 Å². The van der Waals surface area contributed by atoms with Crippen molar-refractivity contribution in [3.63, 3.8) is 0 Å². The molecule has 12 nitrogen and oxygen atoms in total. The van der Waals surface area contributed by atoms with Crippen LogP contribution in [0.5, 0.6) is 0 Å². The zero-order chi connectivity index (χ0) is 20.3. The van der Waals surface area contributed by atoms with Crippen LogP contribution in [0.2, 0.25) is 0 Å². The Kier molecular flexibility index (Phi) is 8.30. The monoisotopic (exact) mass is 400 g/mol. The lowest BCUT2D eigenvalue weighted by molar-refractivity contribution is -0.360. The molecule has 2 heterocycles. The average molecular weight is 400 g/mol. The molecule has 0 saturated carbocycles. The predicted octanol–water partition coefficient (Wildman–Crippen LogP) is -4.99. The first-order valence-corrected chi connectivity index (χ1v) is 8.59. The third-order valence-corrected chi connectivity index (χ3v) is 4.48. The van der Waals surface area contributed by atoms with Crippen LogP contribution in [0.3, 0.4) is 0 Å². The van der Waals surface area contributed by atoms with Gasteiger partial charge in [0.2, 0.25) is 0 Å². The van der Waals surface area contributed by atoms with E-state index < -0.39 is 80.7 Å². The van der Waals surface area contributed by atoms with Gasteiger partial charge in [0, 0.05) is 0 Å². The van der Waals surface area contributed by atoms with Crippen LogP contribution < -0.4 is 0 Å². The first-order chi connectivity index (χ1) is 12.7. The van der Waals surface area contributed by atoms with E-state index in [-0.39, 0.29) is 6.61 Å². The van der Waals surface area contributed by atoms with Crippen molar-refractivity contribution in [2.75, 3.05) is 19.8 Å². The summed E-state index contributed by atoms with van der Waals surface area (Å²) in [4.78, 5) is 0. The molecule has 0 aromatic rings. The molecule has 2 fully saturated rings. The summed E-state index contributed by atoms with van der Waals surface area (Å²) in [7, 11) is 0. The van der Waals surface area contributed by atoms with Crippen LogP contribution in [0.1, 0.15) is 6.92 Å². The van der Waals surface area contributed by atoms with E-state index in [1.54, 1.807) is 0 Å². The van der Waals surface area contributed by atoms with Crippen LogP contribution in [0.4, 0.5) is 0 Å². The third-order valence-electron chi connectivity index (χ3n) is 4.48. The lowest BCUT2D eigenvalue weighted by Gasteiger charge is -2.46. The molecule has 11 atom stereocenters. The first-order valence-electron chi connectivity index (χ1n) is 8.59. The van der Waals surface area contributed by atoms with Crippen LogP contribution in [0.25, 0.3) is 0 Å². The fourth-order valence-electron chi connectivity index (χ4n) is 2.98. The van der Waals surface area contributed by atoms with Crippen LogP contribution in [-0.4, -0.2) is 128 Å². The Morgan fingerprint density at radius 3 is 1.96 bits per heavy atom. The van der Waals surface area contributed by atoms with Gasteiger partial charge in [0.1, 0.15) is 48.8 Å². The molecule has 0 aromatic heterocycles. The summed E-state index contributed by atoms with van der Waals surface area (Å²) in [6.07, 6.45) is -15.8. The minimum Gasteiger partial charge on any atom is -0.394 e. The summed E-state index contributed by atoms with van der Waals surface area (Å²) in [6, 6.07) is 0. The molecular formula is C15H28O12. The minimum atomic E-state index is -1.75. The number of aliphatic hydroxyl groups is 8.